The van der Waals surface area contributed by atoms with Gasteiger partial charge in [0.1, 0.15) is 11.8 Å². The molecule has 4 heterocycles. The molecule has 4 aromatic rings. The van der Waals surface area contributed by atoms with Gasteiger partial charge >= 0.3 is 0 Å². The highest BCUT2D eigenvalue weighted by Gasteiger charge is 2.27. The van der Waals surface area contributed by atoms with Gasteiger partial charge in [-0.1, -0.05) is 40.2 Å². The molecule has 3 aromatic heterocycles. The topological polar surface area (TPSA) is 105 Å². The molecule has 0 amide bonds. The van der Waals surface area contributed by atoms with E-state index < -0.39 is 0 Å². The first kappa shape index (κ1) is 15.8. The second-order valence-corrected chi connectivity index (χ2v) is 6.29. The van der Waals surface area contributed by atoms with E-state index in [9.17, 15) is 0 Å². The van der Waals surface area contributed by atoms with Crippen LogP contribution in [-0.4, -0.2) is 35.1 Å². The van der Waals surface area contributed by atoms with Crippen LogP contribution < -0.4 is 0 Å². The Bertz CT molecular complexity index is 1070. The zero-order valence-corrected chi connectivity index (χ0v) is 14.5. The van der Waals surface area contributed by atoms with Gasteiger partial charge in [-0.3, -0.25) is 4.98 Å². The molecule has 1 atom stereocenters. The van der Waals surface area contributed by atoms with Crippen LogP contribution in [0.3, 0.4) is 0 Å². The van der Waals surface area contributed by atoms with Gasteiger partial charge in [0.2, 0.25) is 5.82 Å². The molecule has 0 radical (unpaired) electrons. The Kier molecular flexibility index (Phi) is 3.72. The highest BCUT2D eigenvalue weighted by Crippen LogP contribution is 2.30. The molecule has 1 aromatic carbocycles. The van der Waals surface area contributed by atoms with Crippen LogP contribution in [0.4, 0.5) is 0 Å². The van der Waals surface area contributed by atoms with Crippen LogP contribution >= 0.6 is 0 Å². The first-order valence-electron chi connectivity index (χ1n) is 8.49. The Labute approximate surface area is 154 Å². The van der Waals surface area contributed by atoms with E-state index in [1.165, 1.54) is 5.56 Å². The Balaban J connectivity index is 1.42. The lowest BCUT2D eigenvalue weighted by molar-refractivity contribution is -0.00112. The van der Waals surface area contributed by atoms with Crippen molar-refractivity contribution >= 4 is 0 Å². The summed E-state index contributed by atoms with van der Waals surface area (Å²) in [6.45, 7) is 3.02. The standard InChI is InChI=1S/C18H15N7O2/c1-11-2-4-12(5-3-11)15-9-25-14(10-26-15)16(22-24-25)17-21-18(27-23-17)13-8-19-6-7-20-13/h2-8,15H,9-10H2,1H3/t15-/m1/s1. The van der Waals surface area contributed by atoms with Crippen LogP contribution in [-0.2, 0) is 17.9 Å². The maximum atomic E-state index is 6.03. The summed E-state index contributed by atoms with van der Waals surface area (Å²) in [6, 6.07) is 8.31. The lowest BCUT2D eigenvalue weighted by atomic mass is 10.1. The van der Waals surface area contributed by atoms with Gasteiger partial charge < -0.3 is 9.26 Å². The van der Waals surface area contributed by atoms with Gasteiger partial charge in [-0.25, -0.2) is 9.67 Å². The molecule has 0 N–H and O–H groups in total. The van der Waals surface area contributed by atoms with E-state index in [-0.39, 0.29) is 12.0 Å². The van der Waals surface area contributed by atoms with E-state index in [1.54, 1.807) is 18.6 Å². The molecule has 9 heteroatoms. The molecule has 27 heavy (non-hydrogen) atoms. The molecule has 0 bridgehead atoms. The number of benzene rings is 1. The average Bonchev–Trinajstić information content (AvgIpc) is 3.36. The first-order valence-corrected chi connectivity index (χ1v) is 8.49. The zero-order valence-electron chi connectivity index (χ0n) is 14.5. The summed E-state index contributed by atoms with van der Waals surface area (Å²) in [4.78, 5) is 12.5. The Morgan fingerprint density at radius 3 is 2.85 bits per heavy atom. The van der Waals surface area contributed by atoms with E-state index >= 15 is 0 Å². The third-order valence-electron chi connectivity index (χ3n) is 4.47. The molecule has 0 saturated heterocycles. The number of aromatic nitrogens is 7. The quantitative estimate of drug-likeness (QED) is 0.548. The third kappa shape index (κ3) is 2.87. The Morgan fingerprint density at radius 1 is 1.15 bits per heavy atom. The van der Waals surface area contributed by atoms with Crippen LogP contribution in [0, 0.1) is 6.92 Å². The first-order chi connectivity index (χ1) is 13.3. The van der Waals surface area contributed by atoms with Crippen LogP contribution in [0.1, 0.15) is 22.9 Å². The van der Waals surface area contributed by atoms with E-state index in [0.717, 1.165) is 11.3 Å². The predicted molar refractivity (Wildman–Crippen MR) is 93.0 cm³/mol. The molecule has 0 aliphatic carbocycles. The average molecular weight is 361 g/mol. The third-order valence-corrected chi connectivity index (χ3v) is 4.47. The summed E-state index contributed by atoms with van der Waals surface area (Å²) in [5, 5.41) is 12.5. The molecule has 0 unspecified atom stereocenters. The molecule has 1 aliphatic rings. The van der Waals surface area contributed by atoms with Gasteiger partial charge in [-0.2, -0.15) is 4.98 Å². The Morgan fingerprint density at radius 2 is 2.04 bits per heavy atom. The summed E-state index contributed by atoms with van der Waals surface area (Å²) in [5.74, 6) is 0.642. The van der Waals surface area contributed by atoms with Crippen LogP contribution in [0.5, 0.6) is 0 Å². The van der Waals surface area contributed by atoms with Crippen molar-refractivity contribution in [2.24, 2.45) is 0 Å². The number of hydrogen-bond acceptors (Lipinski definition) is 8. The number of hydrogen-bond donors (Lipinski definition) is 0. The molecule has 9 nitrogen and oxygen atoms in total. The van der Waals surface area contributed by atoms with Gasteiger partial charge in [-0.05, 0) is 12.5 Å². The SMILES string of the molecule is Cc1ccc([C@H]2Cn3nnc(-c4noc(-c5cnccn5)n4)c3CO2)cc1. The minimum atomic E-state index is -0.0620. The number of fused-ring (bicyclic) bond motifs is 1. The molecule has 1 aliphatic heterocycles. The highest BCUT2D eigenvalue weighted by atomic mass is 16.5. The monoisotopic (exact) mass is 361 g/mol. The molecule has 0 spiro atoms. The van der Waals surface area contributed by atoms with Crippen molar-refractivity contribution in [1.29, 1.82) is 0 Å². The maximum absolute atomic E-state index is 6.03. The number of ether oxygens (including phenoxy) is 1. The van der Waals surface area contributed by atoms with Crippen molar-refractivity contribution in [3.05, 3.63) is 59.7 Å². The normalized spacial score (nSPS) is 16.3. The molecular weight excluding hydrogens is 346 g/mol. The summed E-state index contributed by atoms with van der Waals surface area (Å²) in [5.41, 5.74) is 4.22. The van der Waals surface area contributed by atoms with Gasteiger partial charge in [0.15, 0.2) is 5.69 Å². The van der Waals surface area contributed by atoms with E-state index in [1.807, 2.05) is 4.68 Å². The lowest BCUT2D eigenvalue weighted by Crippen LogP contribution is -2.22. The van der Waals surface area contributed by atoms with Crippen molar-refractivity contribution in [2.45, 2.75) is 26.2 Å². The second-order valence-electron chi connectivity index (χ2n) is 6.29. The van der Waals surface area contributed by atoms with Crippen LogP contribution in [0.25, 0.3) is 23.1 Å². The second kappa shape index (κ2) is 6.36. The Hall–Kier alpha value is -3.46. The van der Waals surface area contributed by atoms with Gasteiger partial charge in [0, 0.05) is 12.4 Å². The smallest absolute Gasteiger partial charge is 0.278 e. The van der Waals surface area contributed by atoms with Gasteiger partial charge in [0.05, 0.1) is 25.0 Å². The molecule has 134 valence electrons. The fraction of sp³-hybridized carbons (Fsp3) is 0.222. The predicted octanol–water partition coefficient (Wildman–Crippen LogP) is 2.37. The molecule has 5 rings (SSSR count). The van der Waals surface area contributed by atoms with Crippen molar-refractivity contribution in [3.8, 4) is 23.1 Å². The fourth-order valence-electron chi connectivity index (χ4n) is 3.00. The van der Waals surface area contributed by atoms with Crippen molar-refractivity contribution in [1.82, 2.24) is 35.1 Å². The van der Waals surface area contributed by atoms with Crippen molar-refractivity contribution in [2.75, 3.05) is 0 Å². The minimum Gasteiger partial charge on any atom is -0.365 e. The lowest BCUT2D eigenvalue weighted by Gasteiger charge is -2.24. The minimum absolute atomic E-state index is 0.0620. The number of aryl methyl sites for hydroxylation is 1. The van der Waals surface area contributed by atoms with Crippen LogP contribution in [0.15, 0.2) is 47.4 Å². The molecule has 0 saturated carbocycles. The molecule has 0 fully saturated rings. The van der Waals surface area contributed by atoms with E-state index in [2.05, 4.69) is 61.6 Å². The fourth-order valence-corrected chi connectivity index (χ4v) is 3.00. The summed E-state index contributed by atoms with van der Waals surface area (Å²) >= 11 is 0. The van der Waals surface area contributed by atoms with Crippen molar-refractivity contribution < 1.29 is 9.26 Å². The summed E-state index contributed by atoms with van der Waals surface area (Å²) < 4.78 is 13.2. The van der Waals surface area contributed by atoms with Gasteiger partial charge in [-0.15, -0.1) is 5.10 Å². The number of rotatable bonds is 3. The number of nitrogens with zero attached hydrogens (tertiary/aromatic N) is 7. The highest BCUT2D eigenvalue weighted by molar-refractivity contribution is 5.55. The van der Waals surface area contributed by atoms with Crippen LogP contribution in [0.2, 0.25) is 0 Å². The largest absolute Gasteiger partial charge is 0.365 e. The van der Waals surface area contributed by atoms with Crippen molar-refractivity contribution in [3.63, 3.8) is 0 Å². The summed E-state index contributed by atoms with van der Waals surface area (Å²) in [7, 11) is 0. The maximum Gasteiger partial charge on any atom is 0.278 e. The zero-order chi connectivity index (χ0) is 18.2. The van der Waals surface area contributed by atoms with Gasteiger partial charge in [0.25, 0.3) is 5.89 Å². The molecular formula is C18H15N7O2. The van der Waals surface area contributed by atoms with E-state index in [0.29, 0.717) is 30.4 Å². The summed E-state index contributed by atoms with van der Waals surface area (Å²) in [6.07, 6.45) is 4.65. The van der Waals surface area contributed by atoms with E-state index in [4.69, 9.17) is 9.26 Å².